The number of fused-ring (bicyclic) bond motifs is 1. The van der Waals surface area contributed by atoms with Crippen molar-refractivity contribution < 1.29 is 5.11 Å². The normalized spacial score (nSPS) is 23.3. The van der Waals surface area contributed by atoms with Gasteiger partial charge < -0.3 is 14.9 Å². The van der Waals surface area contributed by atoms with Gasteiger partial charge in [-0.2, -0.15) is 0 Å². The van der Waals surface area contributed by atoms with Crippen molar-refractivity contribution in [2.24, 2.45) is 0 Å². The van der Waals surface area contributed by atoms with Crippen LogP contribution in [0.3, 0.4) is 0 Å². The third kappa shape index (κ3) is 3.46. The van der Waals surface area contributed by atoms with Gasteiger partial charge in [0.1, 0.15) is 5.01 Å². The maximum Gasteiger partial charge on any atom is 0.123 e. The monoisotopic (exact) mass is 357 g/mol. The van der Waals surface area contributed by atoms with E-state index in [1.54, 1.807) is 11.3 Å². The lowest BCUT2D eigenvalue weighted by molar-refractivity contribution is 0.160. The minimum absolute atomic E-state index is 0.314. The van der Waals surface area contributed by atoms with Crippen LogP contribution in [0.2, 0.25) is 0 Å². The van der Waals surface area contributed by atoms with E-state index in [2.05, 4.69) is 48.2 Å². The number of hydrogen-bond donors (Lipinski definition) is 1. The number of thiazole rings is 1. The van der Waals surface area contributed by atoms with Gasteiger partial charge >= 0.3 is 0 Å². The highest BCUT2D eigenvalue weighted by Crippen LogP contribution is 2.38. The molecule has 0 saturated carbocycles. The van der Waals surface area contributed by atoms with Gasteiger partial charge in [0.2, 0.25) is 0 Å². The zero-order valence-electron chi connectivity index (χ0n) is 15.1. The highest BCUT2D eigenvalue weighted by Gasteiger charge is 2.26. The van der Waals surface area contributed by atoms with Crippen molar-refractivity contribution in [2.75, 3.05) is 32.1 Å². The molecule has 2 unspecified atom stereocenters. The third-order valence-corrected chi connectivity index (χ3v) is 6.57. The van der Waals surface area contributed by atoms with Crippen LogP contribution in [0.15, 0.2) is 24.3 Å². The van der Waals surface area contributed by atoms with Crippen molar-refractivity contribution in [1.29, 1.82) is 0 Å². The summed E-state index contributed by atoms with van der Waals surface area (Å²) < 4.78 is 0. The molecular formula is C20H27N3OS. The van der Waals surface area contributed by atoms with Gasteiger partial charge in [0, 0.05) is 30.4 Å². The summed E-state index contributed by atoms with van der Waals surface area (Å²) >= 11 is 1.66. The second kappa shape index (κ2) is 7.06. The van der Waals surface area contributed by atoms with E-state index in [4.69, 9.17) is 4.98 Å². The lowest BCUT2D eigenvalue weighted by Gasteiger charge is -2.29. The van der Waals surface area contributed by atoms with Crippen LogP contribution in [-0.2, 0) is 6.42 Å². The summed E-state index contributed by atoms with van der Waals surface area (Å²) in [4.78, 5) is 10.7. The van der Waals surface area contributed by atoms with Gasteiger partial charge in [-0.05, 0) is 70.5 Å². The Morgan fingerprint density at radius 2 is 2.00 bits per heavy atom. The maximum atomic E-state index is 10.2. The molecule has 0 bridgehead atoms. The first-order valence-electron chi connectivity index (χ1n) is 9.31. The molecule has 1 saturated heterocycles. The van der Waals surface area contributed by atoms with E-state index in [9.17, 15) is 5.11 Å². The molecule has 25 heavy (non-hydrogen) atoms. The molecule has 1 N–H and O–H groups in total. The van der Waals surface area contributed by atoms with E-state index in [0.717, 1.165) is 47.9 Å². The van der Waals surface area contributed by atoms with E-state index >= 15 is 0 Å². The molecule has 2 aromatic rings. The van der Waals surface area contributed by atoms with E-state index in [0.29, 0.717) is 6.04 Å². The molecule has 1 aromatic heterocycles. The average molecular weight is 358 g/mol. The first kappa shape index (κ1) is 17.0. The van der Waals surface area contributed by atoms with Crippen LogP contribution in [0.4, 0.5) is 5.69 Å². The Hall–Kier alpha value is -1.43. The Bertz CT molecular complexity index is 725. The van der Waals surface area contributed by atoms with Crippen LogP contribution in [0.1, 0.15) is 42.4 Å². The number of benzene rings is 1. The highest BCUT2D eigenvalue weighted by molar-refractivity contribution is 7.15. The fraction of sp³-hybridized carbons (Fsp3) is 0.550. The predicted octanol–water partition coefficient (Wildman–Crippen LogP) is 3.71. The molecule has 1 fully saturated rings. The minimum atomic E-state index is -0.314. The summed E-state index contributed by atoms with van der Waals surface area (Å²) in [5.74, 6) is 0. The Labute approximate surface area is 154 Å². The maximum absolute atomic E-state index is 10.2. The second-order valence-corrected chi connectivity index (χ2v) is 8.57. The highest BCUT2D eigenvalue weighted by atomic mass is 32.1. The smallest absolute Gasteiger partial charge is 0.123 e. The summed E-state index contributed by atoms with van der Waals surface area (Å²) in [6.07, 6.45) is 5.15. The molecule has 2 heterocycles. The Morgan fingerprint density at radius 1 is 1.20 bits per heavy atom. The van der Waals surface area contributed by atoms with Gasteiger partial charge in [-0.3, -0.25) is 0 Å². The molecule has 0 spiro atoms. The van der Waals surface area contributed by atoms with Gasteiger partial charge in [-0.1, -0.05) is 0 Å². The molecule has 0 radical (unpaired) electrons. The number of aromatic nitrogens is 1. The molecule has 2 aliphatic rings. The number of aryl methyl sites for hydroxylation is 1. The Balaban J connectivity index is 1.54. The molecule has 4 nitrogen and oxygen atoms in total. The van der Waals surface area contributed by atoms with Gasteiger partial charge in [-0.25, -0.2) is 4.98 Å². The van der Waals surface area contributed by atoms with Crippen molar-refractivity contribution >= 4 is 17.0 Å². The van der Waals surface area contributed by atoms with Gasteiger partial charge in [-0.15, -0.1) is 11.3 Å². The van der Waals surface area contributed by atoms with Gasteiger partial charge in [0.15, 0.2) is 0 Å². The fourth-order valence-corrected chi connectivity index (χ4v) is 5.24. The number of aliphatic hydroxyl groups excluding tert-OH is 1. The molecular weight excluding hydrogens is 330 g/mol. The minimum Gasteiger partial charge on any atom is -0.388 e. The second-order valence-electron chi connectivity index (χ2n) is 7.54. The standard InChI is InChI=1S/C20H27N3OS/c1-22(2)13-16-5-4-12-23(16)15-10-8-14(9-11-15)20-21-17-6-3-7-18(24)19(17)25-20/h8-11,16,18,24H,3-7,12-13H2,1-2H3. The summed E-state index contributed by atoms with van der Waals surface area (Å²) in [5, 5.41) is 11.2. The predicted molar refractivity (Wildman–Crippen MR) is 104 cm³/mol. The van der Waals surface area contributed by atoms with Crippen molar-refractivity contribution in [3.63, 3.8) is 0 Å². The largest absolute Gasteiger partial charge is 0.388 e. The molecule has 1 aliphatic heterocycles. The lowest BCUT2D eigenvalue weighted by Crippen LogP contribution is -2.37. The van der Waals surface area contributed by atoms with Crippen LogP contribution < -0.4 is 4.90 Å². The topological polar surface area (TPSA) is 39.6 Å². The molecule has 134 valence electrons. The van der Waals surface area contributed by atoms with E-state index in [1.807, 2.05) is 0 Å². The lowest BCUT2D eigenvalue weighted by atomic mass is 10.0. The molecule has 4 rings (SSSR count). The Morgan fingerprint density at radius 3 is 2.72 bits per heavy atom. The number of anilines is 1. The van der Waals surface area contributed by atoms with E-state index in [-0.39, 0.29) is 6.10 Å². The van der Waals surface area contributed by atoms with Crippen LogP contribution in [-0.4, -0.2) is 48.2 Å². The van der Waals surface area contributed by atoms with Crippen LogP contribution in [0.25, 0.3) is 10.6 Å². The summed E-state index contributed by atoms with van der Waals surface area (Å²) in [7, 11) is 4.30. The van der Waals surface area contributed by atoms with Crippen LogP contribution in [0.5, 0.6) is 0 Å². The number of hydrogen-bond acceptors (Lipinski definition) is 5. The zero-order chi connectivity index (χ0) is 17.4. The third-order valence-electron chi connectivity index (χ3n) is 5.32. The van der Waals surface area contributed by atoms with Crippen molar-refractivity contribution in [3.8, 4) is 10.6 Å². The van der Waals surface area contributed by atoms with Crippen LogP contribution >= 0.6 is 11.3 Å². The first-order valence-corrected chi connectivity index (χ1v) is 10.1. The van der Waals surface area contributed by atoms with E-state index < -0.39 is 0 Å². The fourth-order valence-electron chi connectivity index (χ4n) is 4.10. The van der Waals surface area contributed by atoms with Crippen molar-refractivity contribution in [1.82, 2.24) is 9.88 Å². The number of nitrogens with zero attached hydrogens (tertiary/aromatic N) is 3. The number of likely N-dealkylation sites (N-methyl/N-ethyl adjacent to an activating group) is 1. The summed E-state index contributed by atoms with van der Waals surface area (Å²) in [5.41, 5.74) is 3.58. The summed E-state index contributed by atoms with van der Waals surface area (Å²) in [6, 6.07) is 9.47. The van der Waals surface area contributed by atoms with Crippen LogP contribution in [0, 0.1) is 0 Å². The molecule has 1 aliphatic carbocycles. The average Bonchev–Trinajstić information content (AvgIpc) is 3.22. The van der Waals surface area contributed by atoms with E-state index in [1.165, 1.54) is 24.1 Å². The number of aliphatic hydroxyl groups is 1. The zero-order valence-corrected chi connectivity index (χ0v) is 15.9. The molecule has 5 heteroatoms. The molecule has 0 amide bonds. The SMILES string of the molecule is CN(C)CC1CCCN1c1ccc(-c2nc3c(s2)C(O)CCC3)cc1. The molecule has 1 aromatic carbocycles. The van der Waals surface area contributed by atoms with Gasteiger partial charge in [0.05, 0.1) is 16.7 Å². The first-order chi connectivity index (χ1) is 12.1. The van der Waals surface area contributed by atoms with Gasteiger partial charge in [0.25, 0.3) is 0 Å². The Kier molecular flexibility index (Phi) is 4.80. The number of rotatable bonds is 4. The quantitative estimate of drug-likeness (QED) is 0.905. The van der Waals surface area contributed by atoms with Crippen molar-refractivity contribution in [3.05, 3.63) is 34.8 Å². The molecule has 2 atom stereocenters. The summed E-state index contributed by atoms with van der Waals surface area (Å²) in [6.45, 7) is 2.26. The van der Waals surface area contributed by atoms with Crippen molar-refractivity contribution in [2.45, 2.75) is 44.2 Å².